The number of amides is 1. The maximum absolute atomic E-state index is 11.9. The zero-order chi connectivity index (χ0) is 21.1. The van der Waals surface area contributed by atoms with Crippen LogP contribution in [0.2, 0.25) is 0 Å². The van der Waals surface area contributed by atoms with Crippen molar-refractivity contribution in [3.05, 3.63) is 24.3 Å². The van der Waals surface area contributed by atoms with E-state index in [0.29, 0.717) is 12.6 Å². The van der Waals surface area contributed by atoms with Crippen LogP contribution >= 0.6 is 24.0 Å². The van der Waals surface area contributed by atoms with E-state index in [-0.39, 0.29) is 42.5 Å². The molecule has 2 rings (SSSR count). The summed E-state index contributed by atoms with van der Waals surface area (Å²) in [4.78, 5) is 20.3. The smallest absolute Gasteiger partial charge is 0.243 e. The van der Waals surface area contributed by atoms with E-state index in [1.807, 2.05) is 25.1 Å². The molecule has 1 unspecified atom stereocenters. The van der Waals surface area contributed by atoms with Crippen LogP contribution in [0, 0.1) is 0 Å². The zero-order valence-corrected chi connectivity index (χ0v) is 20.8. The van der Waals surface area contributed by atoms with Crippen LogP contribution in [-0.2, 0) is 9.53 Å². The number of hydrogen-bond donors (Lipinski definition) is 2. The minimum atomic E-state index is -0.0255. The average molecular weight is 533 g/mol. The Hall–Kier alpha value is -1.75. The van der Waals surface area contributed by atoms with Gasteiger partial charge in [0.05, 0.1) is 12.8 Å². The first-order valence-electron chi connectivity index (χ1n) is 10.3. The maximum Gasteiger partial charge on any atom is 0.243 e. The summed E-state index contributed by atoms with van der Waals surface area (Å²) >= 11 is 0. The Labute approximate surface area is 197 Å². The Bertz CT molecular complexity index is 672. The van der Waals surface area contributed by atoms with E-state index < -0.39 is 0 Å². The summed E-state index contributed by atoms with van der Waals surface area (Å²) in [6, 6.07) is 8.31. The van der Waals surface area contributed by atoms with E-state index in [9.17, 15) is 4.79 Å². The predicted molar refractivity (Wildman–Crippen MR) is 132 cm³/mol. The summed E-state index contributed by atoms with van der Waals surface area (Å²) in [5.41, 5.74) is 1.10. The second-order valence-electron chi connectivity index (χ2n) is 7.18. The highest BCUT2D eigenvalue weighted by atomic mass is 127. The number of likely N-dealkylation sites (N-methyl/N-ethyl adjacent to an activating group) is 1. The number of benzene rings is 1. The molecule has 0 aliphatic carbocycles. The average Bonchev–Trinajstić information content (AvgIpc) is 3.19. The van der Waals surface area contributed by atoms with Gasteiger partial charge in [-0.1, -0.05) is 12.1 Å². The number of anilines is 1. The van der Waals surface area contributed by atoms with Gasteiger partial charge in [-0.3, -0.25) is 4.79 Å². The molecule has 9 heteroatoms. The molecule has 1 fully saturated rings. The van der Waals surface area contributed by atoms with E-state index in [1.54, 1.807) is 26.1 Å². The standard InChI is InChI=1S/C21H35N5O3.HI/c1-5-29-14-8-12-22-21(23-15-20(27)25(2)3)24-17-11-13-26(16-17)18-9-6-7-10-19(18)28-4;/h6-7,9-10,17H,5,8,11-16H2,1-4H3,(H2,22,23,24);1H. The van der Waals surface area contributed by atoms with Crippen LogP contribution < -0.4 is 20.3 Å². The lowest BCUT2D eigenvalue weighted by Gasteiger charge is -2.22. The highest BCUT2D eigenvalue weighted by Gasteiger charge is 2.25. The van der Waals surface area contributed by atoms with E-state index >= 15 is 0 Å². The van der Waals surface area contributed by atoms with Crippen molar-refractivity contribution in [1.29, 1.82) is 0 Å². The van der Waals surface area contributed by atoms with Gasteiger partial charge in [0.25, 0.3) is 0 Å². The first kappa shape index (κ1) is 26.3. The molecule has 0 spiro atoms. The summed E-state index contributed by atoms with van der Waals surface area (Å²) in [5, 5.41) is 6.81. The fraction of sp³-hybridized carbons (Fsp3) is 0.619. The third-order valence-electron chi connectivity index (χ3n) is 4.79. The van der Waals surface area contributed by atoms with Crippen molar-refractivity contribution >= 4 is 41.5 Å². The highest BCUT2D eigenvalue weighted by molar-refractivity contribution is 14.0. The molecule has 0 bridgehead atoms. The number of rotatable bonds is 10. The number of carbonyl (C=O) groups excluding carboxylic acids is 1. The number of carbonyl (C=O) groups is 1. The molecule has 2 N–H and O–H groups in total. The first-order valence-corrected chi connectivity index (χ1v) is 10.3. The van der Waals surface area contributed by atoms with Crippen molar-refractivity contribution in [2.75, 3.05) is 65.5 Å². The van der Waals surface area contributed by atoms with Crippen molar-refractivity contribution in [1.82, 2.24) is 15.5 Å². The molecule has 1 aromatic carbocycles. The summed E-state index contributed by atoms with van der Waals surface area (Å²) in [7, 11) is 5.18. The molecule has 0 saturated carbocycles. The lowest BCUT2D eigenvalue weighted by Crippen LogP contribution is -2.45. The molecule has 0 aromatic heterocycles. The minimum Gasteiger partial charge on any atom is -0.495 e. The minimum absolute atomic E-state index is 0. The number of guanidine groups is 1. The molecule has 1 aliphatic rings. The summed E-state index contributed by atoms with van der Waals surface area (Å²) in [5.74, 6) is 1.53. The topological polar surface area (TPSA) is 78.4 Å². The molecule has 0 radical (unpaired) electrons. The largest absolute Gasteiger partial charge is 0.495 e. The second kappa shape index (κ2) is 14.3. The number of aliphatic imine (C=N–C) groups is 1. The molecule has 30 heavy (non-hydrogen) atoms. The maximum atomic E-state index is 11.9. The number of ether oxygens (including phenoxy) is 2. The fourth-order valence-electron chi connectivity index (χ4n) is 3.15. The number of para-hydroxylation sites is 2. The number of methoxy groups -OCH3 is 1. The van der Waals surface area contributed by atoms with Crippen LogP contribution in [0.1, 0.15) is 19.8 Å². The van der Waals surface area contributed by atoms with Gasteiger partial charge >= 0.3 is 0 Å². The highest BCUT2D eigenvalue weighted by Crippen LogP contribution is 2.30. The molecule has 8 nitrogen and oxygen atoms in total. The van der Waals surface area contributed by atoms with Gasteiger partial charge in [0, 0.05) is 53.0 Å². The third-order valence-corrected chi connectivity index (χ3v) is 4.79. The van der Waals surface area contributed by atoms with Gasteiger partial charge in [0.1, 0.15) is 12.3 Å². The zero-order valence-electron chi connectivity index (χ0n) is 18.5. The van der Waals surface area contributed by atoms with Crippen LogP contribution in [-0.4, -0.2) is 83.4 Å². The Morgan fingerprint density at radius 2 is 2.10 bits per heavy atom. The Morgan fingerprint density at radius 3 is 2.80 bits per heavy atom. The molecule has 1 saturated heterocycles. The summed E-state index contributed by atoms with van der Waals surface area (Å²) in [6.45, 7) is 6.06. The van der Waals surface area contributed by atoms with Gasteiger partial charge in [-0.05, 0) is 31.9 Å². The van der Waals surface area contributed by atoms with Crippen molar-refractivity contribution in [2.24, 2.45) is 4.99 Å². The van der Waals surface area contributed by atoms with Gasteiger partial charge in [0.15, 0.2) is 5.96 Å². The Kier molecular flexibility index (Phi) is 12.5. The van der Waals surface area contributed by atoms with Crippen LogP contribution in [0.4, 0.5) is 5.69 Å². The molecule has 1 aliphatic heterocycles. The Balaban J connectivity index is 0.00000450. The monoisotopic (exact) mass is 533 g/mol. The van der Waals surface area contributed by atoms with Crippen molar-refractivity contribution in [2.45, 2.75) is 25.8 Å². The van der Waals surface area contributed by atoms with E-state index in [2.05, 4.69) is 26.6 Å². The molecule has 170 valence electrons. The molecule has 1 amide bonds. The molecule has 1 heterocycles. The van der Waals surface area contributed by atoms with E-state index in [1.165, 1.54) is 0 Å². The van der Waals surface area contributed by atoms with Gasteiger partial charge in [0.2, 0.25) is 5.91 Å². The molecule has 1 atom stereocenters. The lowest BCUT2D eigenvalue weighted by molar-refractivity contribution is -0.127. The van der Waals surface area contributed by atoms with Crippen LogP contribution in [0.5, 0.6) is 5.75 Å². The van der Waals surface area contributed by atoms with Crippen molar-refractivity contribution in [3.63, 3.8) is 0 Å². The van der Waals surface area contributed by atoms with Crippen molar-refractivity contribution < 1.29 is 14.3 Å². The fourth-order valence-corrected chi connectivity index (χ4v) is 3.15. The van der Waals surface area contributed by atoms with Gasteiger partial charge in [-0.2, -0.15) is 0 Å². The van der Waals surface area contributed by atoms with Gasteiger partial charge in [-0.15, -0.1) is 24.0 Å². The number of hydrogen-bond acceptors (Lipinski definition) is 5. The van der Waals surface area contributed by atoms with Gasteiger partial charge in [-0.25, -0.2) is 4.99 Å². The van der Waals surface area contributed by atoms with Crippen molar-refractivity contribution in [3.8, 4) is 5.75 Å². The van der Waals surface area contributed by atoms with E-state index in [0.717, 1.165) is 50.5 Å². The molecular weight excluding hydrogens is 497 g/mol. The SMILES string of the molecule is CCOCCCNC(=NCC(=O)N(C)C)NC1CCN(c2ccccc2OC)C1.I. The number of nitrogens with one attached hydrogen (secondary N) is 2. The van der Waals surface area contributed by atoms with Crippen LogP contribution in [0.15, 0.2) is 29.3 Å². The second-order valence-corrected chi connectivity index (χ2v) is 7.18. The number of nitrogens with zero attached hydrogens (tertiary/aromatic N) is 3. The molecular formula is C21H36IN5O3. The molecule has 1 aromatic rings. The third kappa shape index (κ3) is 8.55. The van der Waals surface area contributed by atoms with Gasteiger partial charge < -0.3 is 29.9 Å². The lowest BCUT2D eigenvalue weighted by atomic mass is 10.2. The predicted octanol–water partition coefficient (Wildman–Crippen LogP) is 1.94. The summed E-state index contributed by atoms with van der Waals surface area (Å²) < 4.78 is 10.9. The quantitative estimate of drug-likeness (QED) is 0.207. The normalized spacial score (nSPS) is 16.1. The first-order chi connectivity index (χ1) is 14.0. The summed E-state index contributed by atoms with van der Waals surface area (Å²) in [6.07, 6.45) is 1.87. The van der Waals surface area contributed by atoms with Crippen LogP contribution in [0.3, 0.4) is 0 Å². The Morgan fingerprint density at radius 1 is 1.33 bits per heavy atom. The number of halogens is 1. The van der Waals surface area contributed by atoms with Crippen LogP contribution in [0.25, 0.3) is 0 Å². The van der Waals surface area contributed by atoms with E-state index in [4.69, 9.17) is 9.47 Å².